The first kappa shape index (κ1) is 17.9. The van der Waals surface area contributed by atoms with Gasteiger partial charge in [0.2, 0.25) is 0 Å². The number of rotatable bonds is 5. The second-order valence-electron chi connectivity index (χ2n) is 5.92. The largest absolute Gasteiger partial charge is 0.443 e. The fourth-order valence-corrected chi connectivity index (χ4v) is 3.01. The molecule has 2 aromatic rings. The van der Waals surface area contributed by atoms with Crippen LogP contribution in [0.25, 0.3) is 11.6 Å². The lowest BCUT2D eigenvalue weighted by molar-refractivity contribution is 0.580. The van der Waals surface area contributed by atoms with E-state index in [2.05, 4.69) is 16.8 Å². The molecule has 26 heavy (non-hydrogen) atoms. The Morgan fingerprint density at radius 1 is 1.35 bits per heavy atom. The third-order valence-corrected chi connectivity index (χ3v) is 4.22. The van der Waals surface area contributed by atoms with Gasteiger partial charge in [-0.25, -0.2) is 13.8 Å². The fourth-order valence-electron chi connectivity index (χ4n) is 3.01. The zero-order valence-electron chi connectivity index (χ0n) is 14.3. The molecule has 1 aromatic carbocycles. The van der Waals surface area contributed by atoms with E-state index in [1.54, 1.807) is 12.1 Å². The van der Waals surface area contributed by atoms with Crippen LogP contribution in [-0.4, -0.2) is 19.2 Å². The summed E-state index contributed by atoms with van der Waals surface area (Å²) in [4.78, 5) is 5.97. The number of nitrogens with one attached hydrogen (secondary N) is 1. The molecule has 0 fully saturated rings. The van der Waals surface area contributed by atoms with Crippen molar-refractivity contribution in [1.82, 2.24) is 4.98 Å². The first-order valence-electron chi connectivity index (χ1n) is 8.20. The minimum atomic E-state index is -0.819. The lowest BCUT2D eigenvalue weighted by atomic mass is 9.94. The van der Waals surface area contributed by atoms with E-state index in [0.29, 0.717) is 29.2 Å². The highest BCUT2D eigenvalue weighted by Gasteiger charge is 2.27. The fraction of sp³-hybridized carbons (Fsp3) is 0.167. The molecule has 3 rings (SSSR count). The number of allylic oxidation sites excluding steroid dienone is 1. The quantitative estimate of drug-likeness (QED) is 0.629. The normalized spacial score (nSPS) is 13.3. The molecular weight excluding hydrogens is 340 g/mol. The van der Waals surface area contributed by atoms with Gasteiger partial charge in [-0.1, -0.05) is 13.5 Å². The smallest absolute Gasteiger partial charge is 0.396 e. The number of benzene rings is 1. The van der Waals surface area contributed by atoms with Crippen molar-refractivity contribution in [1.29, 1.82) is 0 Å². The topological polar surface area (TPSA) is 54.2 Å². The second kappa shape index (κ2) is 7.15. The highest BCUT2D eigenvalue weighted by atomic mass is 19.1. The van der Waals surface area contributed by atoms with Gasteiger partial charge in [0.1, 0.15) is 11.6 Å². The summed E-state index contributed by atoms with van der Waals surface area (Å²) in [6.07, 6.45) is 3.93. The van der Waals surface area contributed by atoms with Gasteiger partial charge >= 0.3 is 7.69 Å². The Labute approximate surface area is 150 Å². The highest BCUT2D eigenvalue weighted by molar-refractivity contribution is 6.31. The van der Waals surface area contributed by atoms with Crippen LogP contribution in [0.15, 0.2) is 36.7 Å². The zero-order valence-corrected chi connectivity index (χ0v) is 14.3. The second-order valence-corrected chi connectivity index (χ2v) is 5.92. The summed E-state index contributed by atoms with van der Waals surface area (Å²) in [6.45, 7) is 6.58. The molecular formula is C18H18BF3N4. The molecule has 0 atom stereocenters. The first-order valence-corrected chi connectivity index (χ1v) is 8.20. The molecule has 0 amide bonds. The number of nitrogens with two attached hydrogens (primary N) is 1. The molecule has 0 radical (unpaired) electrons. The van der Waals surface area contributed by atoms with Gasteiger partial charge in [0, 0.05) is 35.6 Å². The molecule has 134 valence electrons. The summed E-state index contributed by atoms with van der Waals surface area (Å²) in [5, 5.41) is 2.51. The lowest BCUT2D eigenvalue weighted by Crippen LogP contribution is -2.27. The molecule has 0 saturated heterocycles. The number of hydrogen-bond acceptors (Lipinski definition) is 4. The molecule has 2 heterocycles. The van der Waals surface area contributed by atoms with Crippen LogP contribution in [-0.2, 0) is 0 Å². The third kappa shape index (κ3) is 3.02. The molecule has 1 aliphatic rings. The van der Waals surface area contributed by atoms with Crippen molar-refractivity contribution in [2.24, 2.45) is 0 Å². The van der Waals surface area contributed by atoms with E-state index >= 15 is 0 Å². The van der Waals surface area contributed by atoms with Gasteiger partial charge in [-0.3, -0.25) is 0 Å². The average Bonchev–Trinajstić information content (AvgIpc) is 2.62. The predicted octanol–water partition coefficient (Wildman–Crippen LogP) is 3.87. The molecule has 0 unspecified atom stereocenters. The number of hydrogen-bond donors (Lipinski definition) is 2. The predicted molar refractivity (Wildman–Crippen MR) is 102 cm³/mol. The van der Waals surface area contributed by atoms with Crippen molar-refractivity contribution in [2.75, 3.05) is 22.4 Å². The van der Waals surface area contributed by atoms with Gasteiger partial charge in [-0.15, -0.1) is 0 Å². The van der Waals surface area contributed by atoms with Crippen molar-refractivity contribution in [3.8, 4) is 0 Å². The van der Waals surface area contributed by atoms with Crippen molar-refractivity contribution in [3.63, 3.8) is 0 Å². The van der Waals surface area contributed by atoms with E-state index in [0.717, 1.165) is 18.2 Å². The molecule has 1 aliphatic heterocycles. The standard InChI is InChI=1S/C18H18BF3N4/c1-3-6-26-10(2)12(17-13(20)4-5-14(23)18(17)21)7-11-9-24-16(25-19-22)8-15(11)26/h4-5,7-9,19H,2-3,6,23H2,1H3,(H,24,25). The third-order valence-electron chi connectivity index (χ3n) is 4.22. The van der Waals surface area contributed by atoms with Crippen LogP contribution in [0.4, 0.5) is 30.3 Å². The summed E-state index contributed by atoms with van der Waals surface area (Å²) in [6, 6.07) is 4.01. The number of fused-ring (bicyclic) bond motifs is 1. The monoisotopic (exact) mass is 358 g/mol. The first-order chi connectivity index (χ1) is 12.5. The lowest BCUT2D eigenvalue weighted by Gasteiger charge is -2.33. The minimum Gasteiger partial charge on any atom is -0.396 e. The van der Waals surface area contributed by atoms with Gasteiger partial charge in [0.25, 0.3) is 0 Å². The van der Waals surface area contributed by atoms with Gasteiger partial charge in [0.15, 0.2) is 5.82 Å². The Morgan fingerprint density at radius 3 is 2.81 bits per heavy atom. The van der Waals surface area contributed by atoms with Crippen LogP contribution < -0.4 is 15.9 Å². The van der Waals surface area contributed by atoms with Crippen LogP contribution >= 0.6 is 0 Å². The molecule has 0 saturated carbocycles. The molecule has 0 bridgehead atoms. The van der Waals surface area contributed by atoms with E-state index in [1.165, 1.54) is 12.3 Å². The Bertz CT molecular complexity index is 898. The van der Waals surface area contributed by atoms with Gasteiger partial charge in [0.05, 0.1) is 16.9 Å². The molecule has 8 heteroatoms. The molecule has 3 N–H and O–H groups in total. The maximum atomic E-state index is 14.5. The van der Waals surface area contributed by atoms with Gasteiger partial charge in [-0.2, -0.15) is 0 Å². The number of pyridine rings is 1. The van der Waals surface area contributed by atoms with Crippen molar-refractivity contribution in [3.05, 3.63) is 59.4 Å². The van der Waals surface area contributed by atoms with E-state index in [-0.39, 0.29) is 11.3 Å². The Balaban J connectivity index is 2.19. The van der Waals surface area contributed by atoms with Crippen LogP contribution in [0.1, 0.15) is 24.5 Å². The number of nitrogens with zero attached hydrogens (tertiary/aromatic N) is 2. The van der Waals surface area contributed by atoms with E-state index in [9.17, 15) is 13.1 Å². The summed E-state index contributed by atoms with van der Waals surface area (Å²) < 4.78 is 41.5. The average molecular weight is 358 g/mol. The molecule has 4 nitrogen and oxygen atoms in total. The summed E-state index contributed by atoms with van der Waals surface area (Å²) in [7, 11) is -0.749. The number of halogens is 3. The maximum absolute atomic E-state index is 14.5. The van der Waals surface area contributed by atoms with Crippen molar-refractivity contribution < 1.29 is 13.1 Å². The van der Waals surface area contributed by atoms with Crippen LogP contribution in [0.5, 0.6) is 0 Å². The summed E-state index contributed by atoms with van der Waals surface area (Å²) in [5.41, 5.74) is 7.42. The van der Waals surface area contributed by atoms with Gasteiger partial charge < -0.3 is 20.2 Å². The van der Waals surface area contributed by atoms with Gasteiger partial charge in [-0.05, 0) is 24.6 Å². The SMILES string of the molecule is C=C1C(c2c(F)ccc(N)c2F)=Cc2cnc(NBF)cc2N1CCC. The van der Waals surface area contributed by atoms with Crippen LogP contribution in [0, 0.1) is 11.6 Å². The Hall–Kier alpha value is -2.90. The summed E-state index contributed by atoms with van der Waals surface area (Å²) in [5.74, 6) is -1.16. The molecule has 0 aliphatic carbocycles. The molecule has 1 aromatic heterocycles. The number of nitrogen functional groups attached to an aromatic ring is 1. The Kier molecular flexibility index (Phi) is 4.93. The van der Waals surface area contributed by atoms with E-state index in [1.807, 2.05) is 11.8 Å². The van der Waals surface area contributed by atoms with Crippen LogP contribution in [0.2, 0.25) is 0 Å². The highest BCUT2D eigenvalue weighted by Crippen LogP contribution is 2.41. The van der Waals surface area contributed by atoms with E-state index < -0.39 is 19.3 Å². The molecule has 0 spiro atoms. The van der Waals surface area contributed by atoms with Crippen molar-refractivity contribution >= 4 is 36.5 Å². The Morgan fingerprint density at radius 2 is 2.12 bits per heavy atom. The maximum Gasteiger partial charge on any atom is 0.443 e. The zero-order chi connectivity index (χ0) is 18.8. The van der Waals surface area contributed by atoms with Crippen molar-refractivity contribution in [2.45, 2.75) is 13.3 Å². The van der Waals surface area contributed by atoms with E-state index in [4.69, 9.17) is 5.73 Å². The number of aromatic nitrogens is 1. The number of anilines is 3. The minimum absolute atomic E-state index is 0.136. The van der Waals surface area contributed by atoms with Crippen LogP contribution in [0.3, 0.4) is 0 Å². The summed E-state index contributed by atoms with van der Waals surface area (Å²) >= 11 is 0.